The van der Waals surface area contributed by atoms with Crippen molar-refractivity contribution in [2.24, 2.45) is 0 Å². The van der Waals surface area contributed by atoms with Gasteiger partial charge in [-0.2, -0.15) is 0 Å². The second-order valence-corrected chi connectivity index (χ2v) is 19.6. The fraction of sp³-hybridized carbons (Fsp3) is 0.897. The summed E-state index contributed by atoms with van der Waals surface area (Å²) in [5.74, 6) is -0.161. The maximum absolute atomic E-state index is 12.4. The molecule has 0 aromatic rings. The van der Waals surface area contributed by atoms with E-state index in [1.165, 1.54) is 212 Å². The molecule has 0 aliphatic heterocycles. The average Bonchev–Trinajstić information content (AvgIpc) is 3.29. The first-order valence-corrected chi connectivity index (χ1v) is 28.6. The zero-order valence-corrected chi connectivity index (χ0v) is 43.0. The number of carbonyl (C=O) groups excluding carboxylic acids is 2. The van der Waals surface area contributed by atoms with Crippen LogP contribution in [0.5, 0.6) is 0 Å². The molecule has 6 nitrogen and oxygen atoms in total. The number of amides is 1. The van der Waals surface area contributed by atoms with Gasteiger partial charge in [0.05, 0.1) is 25.4 Å². The van der Waals surface area contributed by atoms with Crippen molar-refractivity contribution >= 4 is 11.9 Å². The van der Waals surface area contributed by atoms with E-state index in [2.05, 4.69) is 31.3 Å². The molecule has 0 fully saturated rings. The van der Waals surface area contributed by atoms with Crippen LogP contribution in [0.1, 0.15) is 309 Å². The summed E-state index contributed by atoms with van der Waals surface area (Å²) >= 11 is 0. The molecule has 64 heavy (non-hydrogen) atoms. The zero-order chi connectivity index (χ0) is 46.5. The van der Waals surface area contributed by atoms with Gasteiger partial charge in [0.2, 0.25) is 5.91 Å². The van der Waals surface area contributed by atoms with E-state index in [-0.39, 0.29) is 18.5 Å². The van der Waals surface area contributed by atoms with E-state index in [0.717, 1.165) is 70.6 Å². The minimum atomic E-state index is -0.876. The zero-order valence-electron chi connectivity index (χ0n) is 43.0. The highest BCUT2D eigenvalue weighted by Crippen LogP contribution is 2.17. The van der Waals surface area contributed by atoms with E-state index >= 15 is 0 Å². The molecular weight excluding hydrogens is 791 g/mol. The summed E-state index contributed by atoms with van der Waals surface area (Å²) in [6.07, 6.45) is 65.0. The number of hydrogen-bond acceptors (Lipinski definition) is 5. The van der Waals surface area contributed by atoms with E-state index in [9.17, 15) is 19.8 Å². The Bertz CT molecular complexity index is 997. The maximum Gasteiger partial charge on any atom is 0.305 e. The van der Waals surface area contributed by atoms with Gasteiger partial charge in [0.15, 0.2) is 0 Å². The summed E-state index contributed by atoms with van der Waals surface area (Å²) in [6, 6.07) is -0.666. The molecule has 0 heterocycles. The van der Waals surface area contributed by atoms with Gasteiger partial charge in [-0.25, -0.2) is 0 Å². The number of unbranched alkanes of at least 4 members (excludes halogenated alkanes) is 40. The van der Waals surface area contributed by atoms with Crippen molar-refractivity contribution in [2.45, 2.75) is 321 Å². The molecule has 2 atom stereocenters. The highest BCUT2D eigenvalue weighted by atomic mass is 16.5. The smallest absolute Gasteiger partial charge is 0.305 e. The first-order valence-electron chi connectivity index (χ1n) is 28.6. The molecule has 0 aromatic heterocycles. The average molecular weight is 903 g/mol. The van der Waals surface area contributed by atoms with Crippen molar-refractivity contribution in [1.82, 2.24) is 5.32 Å². The third-order valence-corrected chi connectivity index (χ3v) is 13.2. The summed E-state index contributed by atoms with van der Waals surface area (Å²) in [4.78, 5) is 24.5. The van der Waals surface area contributed by atoms with Crippen molar-refractivity contribution in [3.63, 3.8) is 0 Å². The summed E-state index contributed by atoms with van der Waals surface area (Å²) in [7, 11) is 0. The minimum Gasteiger partial charge on any atom is -0.466 e. The number of esters is 1. The molecule has 0 bridgehead atoms. The molecule has 6 heteroatoms. The van der Waals surface area contributed by atoms with Crippen LogP contribution in [0.2, 0.25) is 0 Å². The van der Waals surface area contributed by atoms with Crippen LogP contribution in [0.15, 0.2) is 24.3 Å². The Labute approximate surface area is 399 Å². The number of aliphatic hydroxyl groups is 2. The standard InChI is InChI=1S/C58H111NO5/c1-3-5-7-9-11-13-15-17-18-19-20-21-22-23-24-25-26-27-28-30-31-34-38-42-46-50-56(61)55(54-60)59-57(62)51-47-43-39-35-33-37-41-45-49-53-64-58(63)52-48-44-40-36-32-29-16-14-12-10-8-6-4-2/h35,39,46,50,55-56,60-61H,3-34,36-38,40-45,47-49,51-54H2,1-2H3,(H,59,62)/b39-35-,50-46+. The van der Waals surface area contributed by atoms with Crippen molar-refractivity contribution in [3.8, 4) is 0 Å². The third kappa shape index (κ3) is 49.8. The molecule has 0 aliphatic carbocycles. The monoisotopic (exact) mass is 902 g/mol. The molecule has 0 aliphatic rings. The Morgan fingerprint density at radius 3 is 1.14 bits per heavy atom. The molecule has 378 valence electrons. The first-order chi connectivity index (χ1) is 31.5. The molecule has 0 saturated carbocycles. The number of allylic oxidation sites excluding steroid dienone is 3. The summed E-state index contributed by atoms with van der Waals surface area (Å²) < 4.78 is 5.44. The van der Waals surface area contributed by atoms with Gasteiger partial charge in [0.25, 0.3) is 0 Å². The van der Waals surface area contributed by atoms with E-state index in [1.807, 2.05) is 6.08 Å². The lowest BCUT2D eigenvalue weighted by atomic mass is 10.0. The van der Waals surface area contributed by atoms with Crippen LogP contribution >= 0.6 is 0 Å². The van der Waals surface area contributed by atoms with Gasteiger partial charge in [0, 0.05) is 12.8 Å². The quantitative estimate of drug-likeness (QED) is 0.0321. The maximum atomic E-state index is 12.4. The Kier molecular flexibility index (Phi) is 52.6. The van der Waals surface area contributed by atoms with Gasteiger partial charge in [-0.05, 0) is 51.4 Å². The molecule has 0 radical (unpaired) electrons. The van der Waals surface area contributed by atoms with Crippen LogP contribution in [-0.4, -0.2) is 47.4 Å². The minimum absolute atomic E-state index is 0.0358. The number of rotatable bonds is 53. The second-order valence-electron chi connectivity index (χ2n) is 19.6. The van der Waals surface area contributed by atoms with E-state index in [4.69, 9.17) is 4.74 Å². The normalized spacial score (nSPS) is 12.8. The van der Waals surface area contributed by atoms with Crippen molar-refractivity contribution < 1.29 is 24.5 Å². The topological polar surface area (TPSA) is 95.9 Å². The van der Waals surface area contributed by atoms with Gasteiger partial charge >= 0.3 is 5.97 Å². The second kappa shape index (κ2) is 54.0. The Balaban J connectivity index is 3.54. The summed E-state index contributed by atoms with van der Waals surface area (Å²) in [6.45, 7) is 4.83. The Morgan fingerprint density at radius 2 is 0.750 bits per heavy atom. The highest BCUT2D eigenvalue weighted by molar-refractivity contribution is 5.76. The fourth-order valence-corrected chi connectivity index (χ4v) is 8.81. The van der Waals surface area contributed by atoms with Gasteiger partial charge in [-0.3, -0.25) is 9.59 Å². The fourth-order valence-electron chi connectivity index (χ4n) is 8.81. The summed E-state index contributed by atoms with van der Waals surface area (Å²) in [5.41, 5.74) is 0. The lowest BCUT2D eigenvalue weighted by Gasteiger charge is -2.19. The van der Waals surface area contributed by atoms with E-state index in [0.29, 0.717) is 19.4 Å². The van der Waals surface area contributed by atoms with E-state index < -0.39 is 12.1 Å². The van der Waals surface area contributed by atoms with Crippen LogP contribution in [0.3, 0.4) is 0 Å². The van der Waals surface area contributed by atoms with Crippen molar-refractivity contribution in [1.29, 1.82) is 0 Å². The Hall–Kier alpha value is -1.66. The lowest BCUT2D eigenvalue weighted by Crippen LogP contribution is -2.45. The molecular formula is C58H111NO5. The number of carbonyl (C=O) groups is 2. The molecule has 0 saturated heterocycles. The lowest BCUT2D eigenvalue weighted by molar-refractivity contribution is -0.143. The van der Waals surface area contributed by atoms with Crippen LogP contribution in [0, 0.1) is 0 Å². The highest BCUT2D eigenvalue weighted by Gasteiger charge is 2.18. The largest absolute Gasteiger partial charge is 0.466 e. The van der Waals surface area contributed by atoms with Crippen LogP contribution in [0.4, 0.5) is 0 Å². The first kappa shape index (κ1) is 62.3. The molecule has 2 unspecified atom stereocenters. The van der Waals surface area contributed by atoms with Crippen LogP contribution in [-0.2, 0) is 14.3 Å². The SMILES string of the molecule is CCCCCCCCCCCCCCCCCCCCCCCCC/C=C/C(O)C(CO)NC(=O)CCC/C=C\CCCCCCOC(=O)CCCCCCCCCCCCCCC. The van der Waals surface area contributed by atoms with Gasteiger partial charge in [-0.1, -0.05) is 269 Å². The predicted molar refractivity (Wildman–Crippen MR) is 278 cm³/mol. The van der Waals surface area contributed by atoms with Crippen molar-refractivity contribution in [3.05, 3.63) is 24.3 Å². The molecule has 0 spiro atoms. The Morgan fingerprint density at radius 1 is 0.422 bits per heavy atom. The number of nitrogens with one attached hydrogen (secondary N) is 1. The van der Waals surface area contributed by atoms with Gasteiger partial charge in [0.1, 0.15) is 0 Å². The van der Waals surface area contributed by atoms with Gasteiger partial charge < -0.3 is 20.3 Å². The molecule has 1 amide bonds. The van der Waals surface area contributed by atoms with Crippen LogP contribution in [0.25, 0.3) is 0 Å². The number of hydrogen-bond donors (Lipinski definition) is 3. The van der Waals surface area contributed by atoms with Crippen molar-refractivity contribution in [2.75, 3.05) is 13.2 Å². The van der Waals surface area contributed by atoms with E-state index in [1.54, 1.807) is 6.08 Å². The summed E-state index contributed by atoms with van der Waals surface area (Å²) in [5, 5.41) is 23.1. The van der Waals surface area contributed by atoms with Crippen LogP contribution < -0.4 is 5.32 Å². The third-order valence-electron chi connectivity index (χ3n) is 13.2. The number of aliphatic hydroxyl groups excluding tert-OH is 2. The van der Waals surface area contributed by atoms with Gasteiger partial charge in [-0.15, -0.1) is 0 Å². The predicted octanol–water partition coefficient (Wildman–Crippen LogP) is 17.5. The molecule has 0 aromatic carbocycles. The number of ether oxygens (including phenoxy) is 1. The molecule has 3 N–H and O–H groups in total. The molecule has 0 rings (SSSR count).